The lowest BCUT2D eigenvalue weighted by Gasteiger charge is -2.19. The van der Waals surface area contributed by atoms with Crippen molar-refractivity contribution in [1.82, 2.24) is 9.97 Å². The van der Waals surface area contributed by atoms with Gasteiger partial charge >= 0.3 is 0 Å². The quantitative estimate of drug-likeness (QED) is 0.906. The first-order valence-electron chi connectivity index (χ1n) is 8.74. The summed E-state index contributed by atoms with van der Waals surface area (Å²) in [4.78, 5) is 23.2. The van der Waals surface area contributed by atoms with Gasteiger partial charge in [0, 0.05) is 13.1 Å². The average Bonchev–Trinajstić information content (AvgIpc) is 2.92. The lowest BCUT2D eigenvalue weighted by molar-refractivity contribution is -0.115. The van der Waals surface area contributed by atoms with Crippen molar-refractivity contribution in [2.24, 2.45) is 0 Å². The maximum absolute atomic E-state index is 12.2. The van der Waals surface area contributed by atoms with Gasteiger partial charge < -0.3 is 15.0 Å². The third-order valence-corrected chi connectivity index (χ3v) is 4.33. The van der Waals surface area contributed by atoms with Crippen molar-refractivity contribution in [3.8, 4) is 5.75 Å². The minimum absolute atomic E-state index is 0.0868. The number of methoxy groups -OCH3 is 1. The van der Waals surface area contributed by atoms with E-state index in [0.29, 0.717) is 12.1 Å². The first-order chi connectivity index (χ1) is 12.2. The molecule has 2 aromatic rings. The molecule has 1 aliphatic heterocycles. The van der Waals surface area contributed by atoms with E-state index in [1.807, 2.05) is 24.3 Å². The summed E-state index contributed by atoms with van der Waals surface area (Å²) in [6, 6.07) is 7.47. The molecule has 0 aliphatic carbocycles. The summed E-state index contributed by atoms with van der Waals surface area (Å²) in [6.07, 6.45) is 8.58. The van der Waals surface area contributed by atoms with E-state index in [1.54, 1.807) is 19.5 Å². The van der Waals surface area contributed by atoms with Crippen molar-refractivity contribution in [3.63, 3.8) is 0 Å². The summed E-state index contributed by atoms with van der Waals surface area (Å²) in [5, 5.41) is 2.85. The number of aromatic nitrogens is 2. The fourth-order valence-corrected chi connectivity index (χ4v) is 2.95. The minimum Gasteiger partial charge on any atom is -0.497 e. The van der Waals surface area contributed by atoms with Crippen molar-refractivity contribution in [1.29, 1.82) is 0 Å². The molecular weight excluding hydrogens is 316 g/mol. The predicted molar refractivity (Wildman–Crippen MR) is 98.0 cm³/mol. The van der Waals surface area contributed by atoms with Crippen LogP contribution in [0.3, 0.4) is 0 Å². The molecule has 0 radical (unpaired) electrons. The largest absolute Gasteiger partial charge is 0.497 e. The van der Waals surface area contributed by atoms with Crippen LogP contribution in [-0.2, 0) is 11.2 Å². The molecule has 1 aliphatic rings. The minimum atomic E-state index is -0.0868. The van der Waals surface area contributed by atoms with Gasteiger partial charge in [-0.2, -0.15) is 0 Å². The topological polar surface area (TPSA) is 67.3 Å². The fraction of sp³-hybridized carbons (Fsp3) is 0.421. The van der Waals surface area contributed by atoms with Gasteiger partial charge in [-0.3, -0.25) is 4.79 Å². The highest BCUT2D eigenvalue weighted by atomic mass is 16.5. The van der Waals surface area contributed by atoms with Crippen LogP contribution in [0.2, 0.25) is 0 Å². The molecule has 25 heavy (non-hydrogen) atoms. The number of carbonyl (C=O) groups excluding carboxylic acids is 1. The van der Waals surface area contributed by atoms with E-state index in [-0.39, 0.29) is 5.91 Å². The molecule has 1 amide bonds. The molecule has 1 aromatic heterocycles. The van der Waals surface area contributed by atoms with Crippen molar-refractivity contribution in [2.75, 3.05) is 30.4 Å². The number of carbonyl (C=O) groups is 1. The van der Waals surface area contributed by atoms with E-state index in [0.717, 1.165) is 30.4 Å². The second-order valence-electron chi connectivity index (χ2n) is 6.25. The van der Waals surface area contributed by atoms with E-state index in [9.17, 15) is 4.79 Å². The number of hydrogen-bond acceptors (Lipinski definition) is 5. The molecule has 2 heterocycles. The SMILES string of the molecule is COc1ccc(CC(=O)Nc2cnc(N3CCCCCC3)nc2)cc1. The van der Waals surface area contributed by atoms with Crippen LogP contribution in [0.15, 0.2) is 36.7 Å². The highest BCUT2D eigenvalue weighted by Crippen LogP contribution is 2.17. The van der Waals surface area contributed by atoms with E-state index < -0.39 is 0 Å². The Morgan fingerprint density at radius 3 is 2.32 bits per heavy atom. The van der Waals surface area contributed by atoms with Crippen LogP contribution in [-0.4, -0.2) is 36.1 Å². The number of amides is 1. The van der Waals surface area contributed by atoms with Crippen LogP contribution in [0.4, 0.5) is 11.6 Å². The molecule has 132 valence electrons. The molecule has 0 saturated carbocycles. The Bertz CT molecular complexity index is 678. The normalized spacial score (nSPS) is 14.7. The zero-order valence-corrected chi connectivity index (χ0v) is 14.6. The maximum Gasteiger partial charge on any atom is 0.228 e. The predicted octanol–water partition coefficient (Wildman–Crippen LogP) is 3.05. The second-order valence-corrected chi connectivity index (χ2v) is 6.25. The lowest BCUT2D eigenvalue weighted by atomic mass is 10.1. The number of ether oxygens (including phenoxy) is 1. The number of nitrogens with one attached hydrogen (secondary N) is 1. The smallest absolute Gasteiger partial charge is 0.228 e. The molecule has 1 N–H and O–H groups in total. The zero-order valence-electron chi connectivity index (χ0n) is 14.6. The molecule has 1 aromatic carbocycles. The highest BCUT2D eigenvalue weighted by molar-refractivity contribution is 5.92. The Morgan fingerprint density at radius 2 is 1.72 bits per heavy atom. The van der Waals surface area contributed by atoms with E-state index in [4.69, 9.17) is 4.74 Å². The summed E-state index contributed by atoms with van der Waals surface area (Å²) in [7, 11) is 1.62. The van der Waals surface area contributed by atoms with Crippen LogP contribution in [0.5, 0.6) is 5.75 Å². The maximum atomic E-state index is 12.2. The van der Waals surface area contributed by atoms with E-state index in [2.05, 4.69) is 20.2 Å². The number of nitrogens with zero attached hydrogens (tertiary/aromatic N) is 3. The van der Waals surface area contributed by atoms with Gasteiger partial charge in [-0.25, -0.2) is 9.97 Å². The average molecular weight is 340 g/mol. The van der Waals surface area contributed by atoms with Crippen LogP contribution < -0.4 is 15.0 Å². The van der Waals surface area contributed by atoms with Gasteiger partial charge in [0.2, 0.25) is 11.9 Å². The van der Waals surface area contributed by atoms with Crippen molar-refractivity contribution < 1.29 is 9.53 Å². The Kier molecular flexibility index (Phi) is 5.82. The first-order valence-corrected chi connectivity index (χ1v) is 8.74. The van der Waals surface area contributed by atoms with Crippen LogP contribution in [0.1, 0.15) is 31.2 Å². The van der Waals surface area contributed by atoms with Crippen LogP contribution in [0.25, 0.3) is 0 Å². The number of rotatable bonds is 5. The monoisotopic (exact) mass is 340 g/mol. The summed E-state index contributed by atoms with van der Waals surface area (Å²) in [5.41, 5.74) is 1.55. The molecule has 0 atom stereocenters. The second kappa shape index (κ2) is 8.46. The van der Waals surface area contributed by atoms with Gasteiger partial charge in [0.15, 0.2) is 0 Å². The Hall–Kier alpha value is -2.63. The molecule has 0 bridgehead atoms. The molecule has 0 unspecified atom stereocenters. The van der Waals surface area contributed by atoms with Gasteiger partial charge in [0.25, 0.3) is 0 Å². The third kappa shape index (κ3) is 4.92. The fourth-order valence-electron chi connectivity index (χ4n) is 2.95. The molecule has 3 rings (SSSR count). The molecular formula is C19H24N4O2. The van der Waals surface area contributed by atoms with Gasteiger partial charge in [0.1, 0.15) is 5.75 Å². The van der Waals surface area contributed by atoms with Gasteiger partial charge in [-0.15, -0.1) is 0 Å². The summed E-state index contributed by atoms with van der Waals surface area (Å²) in [6.45, 7) is 2.01. The van der Waals surface area contributed by atoms with Gasteiger partial charge in [0.05, 0.1) is 31.6 Å². The molecule has 1 fully saturated rings. The van der Waals surface area contributed by atoms with E-state index in [1.165, 1.54) is 25.7 Å². The summed E-state index contributed by atoms with van der Waals surface area (Å²) >= 11 is 0. The summed E-state index contributed by atoms with van der Waals surface area (Å²) in [5.74, 6) is 1.44. The van der Waals surface area contributed by atoms with E-state index >= 15 is 0 Å². The van der Waals surface area contributed by atoms with Crippen molar-refractivity contribution in [2.45, 2.75) is 32.1 Å². The standard InChI is InChI=1S/C19H24N4O2/c1-25-17-8-6-15(7-9-17)12-18(24)22-16-13-20-19(21-14-16)23-10-4-2-3-5-11-23/h6-9,13-14H,2-5,10-12H2,1H3,(H,22,24). The highest BCUT2D eigenvalue weighted by Gasteiger charge is 2.12. The molecule has 0 spiro atoms. The van der Waals surface area contributed by atoms with Gasteiger partial charge in [-0.1, -0.05) is 25.0 Å². The first kappa shape index (κ1) is 17.2. The third-order valence-electron chi connectivity index (χ3n) is 4.33. The number of anilines is 2. The molecule has 1 saturated heterocycles. The van der Waals surface area contributed by atoms with Crippen LogP contribution >= 0.6 is 0 Å². The Morgan fingerprint density at radius 1 is 1.08 bits per heavy atom. The van der Waals surface area contributed by atoms with Crippen molar-refractivity contribution in [3.05, 3.63) is 42.2 Å². The Balaban J connectivity index is 1.55. The Labute approximate surface area is 148 Å². The number of benzene rings is 1. The zero-order chi connectivity index (χ0) is 17.5. The molecule has 6 nitrogen and oxygen atoms in total. The van der Waals surface area contributed by atoms with Crippen molar-refractivity contribution >= 4 is 17.5 Å². The lowest BCUT2D eigenvalue weighted by Crippen LogP contribution is -2.26. The summed E-state index contributed by atoms with van der Waals surface area (Å²) < 4.78 is 5.12. The molecule has 6 heteroatoms. The van der Waals surface area contributed by atoms with Gasteiger partial charge in [-0.05, 0) is 30.5 Å². The van der Waals surface area contributed by atoms with Crippen LogP contribution in [0, 0.1) is 0 Å². The number of hydrogen-bond donors (Lipinski definition) is 1.